The van der Waals surface area contributed by atoms with Gasteiger partial charge in [0.05, 0.1) is 19.3 Å². The summed E-state index contributed by atoms with van der Waals surface area (Å²) in [5.41, 5.74) is 1.12. The van der Waals surface area contributed by atoms with E-state index in [-0.39, 0.29) is 12.1 Å². The first-order chi connectivity index (χ1) is 12.3. The number of aromatic nitrogens is 1. The summed E-state index contributed by atoms with van der Waals surface area (Å²) in [6.45, 7) is 8.76. The molecule has 2 saturated heterocycles. The smallest absolute Gasteiger partial charge is 0.317 e. The van der Waals surface area contributed by atoms with Gasteiger partial charge in [0.25, 0.3) is 0 Å². The lowest BCUT2D eigenvalue weighted by molar-refractivity contribution is 0.0258. The second-order valence-corrected chi connectivity index (χ2v) is 7.03. The maximum absolute atomic E-state index is 12.6. The van der Waals surface area contributed by atoms with Gasteiger partial charge in [-0.05, 0) is 42.9 Å². The molecule has 138 valence electrons. The van der Waals surface area contributed by atoms with Gasteiger partial charge in [0, 0.05) is 45.1 Å². The van der Waals surface area contributed by atoms with Crippen molar-refractivity contribution in [3.8, 4) is 0 Å². The molecule has 1 unspecified atom stereocenters. The third-order valence-electron chi connectivity index (χ3n) is 5.34. The van der Waals surface area contributed by atoms with Crippen LogP contribution in [0, 0.1) is 5.92 Å². The first kappa shape index (κ1) is 18.1. The zero-order valence-electron chi connectivity index (χ0n) is 15.2. The molecule has 0 aromatic carbocycles. The van der Waals surface area contributed by atoms with Crippen LogP contribution >= 0.6 is 0 Å². The number of piperidine rings is 1. The number of pyridine rings is 1. The molecule has 2 aliphatic heterocycles. The van der Waals surface area contributed by atoms with Crippen molar-refractivity contribution in [3.05, 3.63) is 30.1 Å². The summed E-state index contributed by atoms with van der Waals surface area (Å²) < 4.78 is 5.41. The van der Waals surface area contributed by atoms with Gasteiger partial charge >= 0.3 is 6.03 Å². The molecule has 2 aliphatic rings. The SMILES string of the molecule is CCC(NC(=O)N1CCC(CN2CCOCC2)CC1)c1ccncc1. The topological polar surface area (TPSA) is 57.7 Å². The molecule has 0 aliphatic carbocycles. The average molecular weight is 346 g/mol. The zero-order valence-corrected chi connectivity index (χ0v) is 15.2. The Hall–Kier alpha value is -1.66. The first-order valence-corrected chi connectivity index (χ1v) is 9.51. The predicted octanol–water partition coefficient (Wildman–Crippen LogP) is 2.29. The van der Waals surface area contributed by atoms with E-state index in [2.05, 4.69) is 22.1 Å². The van der Waals surface area contributed by atoms with E-state index in [1.165, 1.54) is 0 Å². The van der Waals surface area contributed by atoms with Crippen LogP contribution in [0.15, 0.2) is 24.5 Å². The highest BCUT2D eigenvalue weighted by Gasteiger charge is 2.26. The van der Waals surface area contributed by atoms with Crippen molar-refractivity contribution in [1.82, 2.24) is 20.1 Å². The van der Waals surface area contributed by atoms with Gasteiger partial charge in [0.15, 0.2) is 0 Å². The van der Waals surface area contributed by atoms with Crippen molar-refractivity contribution in [3.63, 3.8) is 0 Å². The second kappa shape index (κ2) is 9.15. The maximum atomic E-state index is 12.6. The summed E-state index contributed by atoms with van der Waals surface area (Å²) in [5.74, 6) is 0.698. The van der Waals surface area contributed by atoms with Crippen LogP contribution in [-0.2, 0) is 4.74 Å². The fourth-order valence-corrected chi connectivity index (χ4v) is 3.72. The number of morpholine rings is 1. The highest BCUT2D eigenvalue weighted by atomic mass is 16.5. The van der Waals surface area contributed by atoms with Crippen LogP contribution in [0.25, 0.3) is 0 Å². The van der Waals surface area contributed by atoms with Gasteiger partial charge in [0.2, 0.25) is 0 Å². The highest BCUT2D eigenvalue weighted by Crippen LogP contribution is 2.21. The van der Waals surface area contributed by atoms with Crippen LogP contribution in [0.5, 0.6) is 0 Å². The lowest BCUT2D eigenvalue weighted by Crippen LogP contribution is -2.47. The van der Waals surface area contributed by atoms with Gasteiger partial charge in [-0.2, -0.15) is 0 Å². The summed E-state index contributed by atoms with van der Waals surface area (Å²) in [7, 11) is 0. The van der Waals surface area contributed by atoms with Crippen LogP contribution in [0.2, 0.25) is 0 Å². The number of ether oxygens (including phenoxy) is 1. The highest BCUT2D eigenvalue weighted by molar-refractivity contribution is 5.74. The van der Waals surface area contributed by atoms with Crippen molar-refractivity contribution < 1.29 is 9.53 Å². The molecule has 2 amide bonds. The van der Waals surface area contributed by atoms with Gasteiger partial charge in [-0.3, -0.25) is 9.88 Å². The molecule has 3 rings (SSSR count). The lowest BCUT2D eigenvalue weighted by atomic mass is 9.96. The van der Waals surface area contributed by atoms with Crippen LogP contribution in [0.1, 0.15) is 37.8 Å². The average Bonchev–Trinajstić information content (AvgIpc) is 2.68. The van der Waals surface area contributed by atoms with Crippen molar-refractivity contribution in [2.75, 3.05) is 45.9 Å². The van der Waals surface area contributed by atoms with Crippen LogP contribution in [-0.4, -0.2) is 66.8 Å². The molecule has 0 bridgehead atoms. The minimum atomic E-state index is 0.0570. The number of nitrogens with zero attached hydrogens (tertiary/aromatic N) is 3. The number of nitrogens with one attached hydrogen (secondary N) is 1. The summed E-state index contributed by atoms with van der Waals surface area (Å²) in [6.07, 6.45) is 6.62. The Kier molecular flexibility index (Phi) is 6.64. The molecule has 3 heterocycles. The zero-order chi connectivity index (χ0) is 17.5. The normalized spacial score (nSPS) is 21.1. The number of carbonyl (C=O) groups excluding carboxylic acids is 1. The summed E-state index contributed by atoms with van der Waals surface area (Å²) in [5, 5.41) is 3.18. The number of likely N-dealkylation sites (tertiary alicyclic amines) is 1. The largest absolute Gasteiger partial charge is 0.379 e. The fraction of sp³-hybridized carbons (Fsp3) is 0.684. The monoisotopic (exact) mass is 346 g/mol. The molecule has 1 aromatic heterocycles. The summed E-state index contributed by atoms with van der Waals surface area (Å²) in [6, 6.07) is 4.07. The van der Waals surface area contributed by atoms with Gasteiger partial charge in [-0.15, -0.1) is 0 Å². The van der Waals surface area contributed by atoms with E-state index in [1.807, 2.05) is 17.0 Å². The van der Waals surface area contributed by atoms with Crippen LogP contribution in [0.3, 0.4) is 0 Å². The van der Waals surface area contributed by atoms with Gasteiger partial charge < -0.3 is 15.0 Å². The number of rotatable bonds is 5. The maximum Gasteiger partial charge on any atom is 0.317 e. The molecular weight excluding hydrogens is 316 g/mol. The van der Waals surface area contributed by atoms with Crippen LogP contribution in [0.4, 0.5) is 4.79 Å². The standard InChI is InChI=1S/C19H30N4O2/c1-2-18(17-3-7-20-8-4-17)21-19(24)23-9-5-16(6-10-23)15-22-11-13-25-14-12-22/h3-4,7-8,16,18H,2,5-6,9-15H2,1H3,(H,21,24). The molecule has 25 heavy (non-hydrogen) atoms. The molecule has 2 fully saturated rings. The molecule has 1 atom stereocenters. The number of urea groups is 1. The van der Waals surface area contributed by atoms with Crippen LogP contribution < -0.4 is 5.32 Å². The molecule has 6 heteroatoms. The Bertz CT molecular complexity index is 525. The predicted molar refractivity (Wildman–Crippen MR) is 97.4 cm³/mol. The first-order valence-electron chi connectivity index (χ1n) is 9.51. The fourth-order valence-electron chi connectivity index (χ4n) is 3.72. The lowest BCUT2D eigenvalue weighted by Gasteiger charge is -2.36. The molecule has 0 saturated carbocycles. The Labute approximate surface area is 150 Å². The summed E-state index contributed by atoms with van der Waals surface area (Å²) in [4.78, 5) is 21.1. The van der Waals surface area contributed by atoms with Gasteiger partial charge in [0.1, 0.15) is 0 Å². The van der Waals surface area contributed by atoms with Gasteiger partial charge in [-0.1, -0.05) is 6.92 Å². The van der Waals surface area contributed by atoms with Gasteiger partial charge in [-0.25, -0.2) is 4.79 Å². The molecule has 1 N–H and O–H groups in total. The van der Waals surface area contributed by atoms with Crippen molar-refractivity contribution in [2.24, 2.45) is 5.92 Å². The number of hydrogen-bond acceptors (Lipinski definition) is 4. The Balaban J connectivity index is 1.44. The van der Waals surface area contributed by atoms with E-state index >= 15 is 0 Å². The van der Waals surface area contributed by atoms with Crippen molar-refractivity contribution in [1.29, 1.82) is 0 Å². The minimum absolute atomic E-state index is 0.0570. The third kappa shape index (κ3) is 5.16. The van der Waals surface area contributed by atoms with E-state index in [0.29, 0.717) is 5.92 Å². The van der Waals surface area contributed by atoms with Crippen molar-refractivity contribution in [2.45, 2.75) is 32.2 Å². The second-order valence-electron chi connectivity index (χ2n) is 7.03. The summed E-state index contributed by atoms with van der Waals surface area (Å²) >= 11 is 0. The van der Waals surface area contributed by atoms with E-state index in [0.717, 1.165) is 70.8 Å². The third-order valence-corrected chi connectivity index (χ3v) is 5.34. The molecule has 1 aromatic rings. The number of carbonyl (C=O) groups is 1. The Morgan fingerprint density at radius 1 is 1.24 bits per heavy atom. The van der Waals surface area contributed by atoms with E-state index in [4.69, 9.17) is 4.74 Å². The number of amides is 2. The molecule has 0 radical (unpaired) electrons. The van der Waals surface area contributed by atoms with E-state index in [1.54, 1.807) is 12.4 Å². The molecule has 0 spiro atoms. The Morgan fingerprint density at radius 2 is 1.92 bits per heavy atom. The minimum Gasteiger partial charge on any atom is -0.379 e. The van der Waals surface area contributed by atoms with Crippen molar-refractivity contribution >= 4 is 6.03 Å². The quantitative estimate of drug-likeness (QED) is 0.889. The Morgan fingerprint density at radius 3 is 2.56 bits per heavy atom. The molecule has 6 nitrogen and oxygen atoms in total. The molecular formula is C19H30N4O2. The number of hydrogen-bond donors (Lipinski definition) is 1. The van der Waals surface area contributed by atoms with E-state index in [9.17, 15) is 4.79 Å². The van der Waals surface area contributed by atoms with E-state index < -0.39 is 0 Å².